The van der Waals surface area contributed by atoms with E-state index in [0.29, 0.717) is 29.0 Å². The summed E-state index contributed by atoms with van der Waals surface area (Å²) in [6.07, 6.45) is 1.13. The van der Waals surface area contributed by atoms with Crippen molar-refractivity contribution in [3.63, 3.8) is 0 Å². The van der Waals surface area contributed by atoms with Gasteiger partial charge in [0.15, 0.2) is 0 Å². The minimum atomic E-state index is -0.221. The van der Waals surface area contributed by atoms with Crippen molar-refractivity contribution >= 4 is 17.0 Å². The van der Waals surface area contributed by atoms with E-state index in [1.165, 1.54) is 6.07 Å². The van der Waals surface area contributed by atoms with Gasteiger partial charge in [-0.05, 0) is 30.9 Å². The van der Waals surface area contributed by atoms with Crippen molar-refractivity contribution in [2.24, 2.45) is 5.92 Å². The molecule has 16 heavy (non-hydrogen) atoms. The monoisotopic (exact) mass is 219 g/mol. The van der Waals surface area contributed by atoms with Gasteiger partial charge in [-0.15, -0.1) is 0 Å². The standard InChI is InChI=1S/C12H14FN3/c1-6-3-11-9(5-8(6)13)15-12(14)16(11)10-4-7(10)2/h3,5,7,10H,4H2,1-2H3,(H2,14,15). The first kappa shape index (κ1) is 9.63. The third-order valence-corrected chi connectivity index (χ3v) is 3.40. The van der Waals surface area contributed by atoms with Gasteiger partial charge in [0.05, 0.1) is 11.0 Å². The van der Waals surface area contributed by atoms with Crippen LogP contribution in [-0.2, 0) is 0 Å². The first-order valence-corrected chi connectivity index (χ1v) is 5.51. The zero-order valence-corrected chi connectivity index (χ0v) is 9.37. The topological polar surface area (TPSA) is 43.8 Å². The van der Waals surface area contributed by atoms with Crippen molar-refractivity contribution in [3.8, 4) is 0 Å². The van der Waals surface area contributed by atoms with Crippen LogP contribution in [0, 0.1) is 18.7 Å². The largest absolute Gasteiger partial charge is 0.369 e. The molecular weight excluding hydrogens is 205 g/mol. The molecule has 4 heteroatoms. The Morgan fingerprint density at radius 3 is 2.81 bits per heavy atom. The Hall–Kier alpha value is -1.58. The van der Waals surface area contributed by atoms with Gasteiger partial charge in [0, 0.05) is 12.1 Å². The average molecular weight is 219 g/mol. The van der Waals surface area contributed by atoms with Crippen LogP contribution in [0.1, 0.15) is 24.9 Å². The molecule has 1 aromatic heterocycles. The maximum Gasteiger partial charge on any atom is 0.201 e. The van der Waals surface area contributed by atoms with E-state index in [4.69, 9.17) is 5.73 Å². The number of fused-ring (bicyclic) bond motifs is 1. The molecule has 1 aliphatic carbocycles. The van der Waals surface area contributed by atoms with Gasteiger partial charge >= 0.3 is 0 Å². The normalized spacial score (nSPS) is 23.9. The summed E-state index contributed by atoms with van der Waals surface area (Å²) in [5.74, 6) is 0.917. The summed E-state index contributed by atoms with van der Waals surface area (Å²) in [5, 5.41) is 0. The minimum Gasteiger partial charge on any atom is -0.369 e. The summed E-state index contributed by atoms with van der Waals surface area (Å²) in [5.41, 5.74) is 8.13. The van der Waals surface area contributed by atoms with Crippen molar-refractivity contribution in [3.05, 3.63) is 23.5 Å². The van der Waals surface area contributed by atoms with Crippen LogP contribution in [0.3, 0.4) is 0 Å². The molecule has 0 radical (unpaired) electrons. The molecule has 0 spiro atoms. The number of aryl methyl sites for hydroxylation is 1. The van der Waals surface area contributed by atoms with Gasteiger partial charge in [-0.2, -0.15) is 0 Å². The molecule has 0 bridgehead atoms. The number of imidazole rings is 1. The SMILES string of the molecule is Cc1cc2c(cc1F)nc(N)n2C1CC1C. The van der Waals surface area contributed by atoms with Gasteiger partial charge in [-0.25, -0.2) is 9.37 Å². The maximum atomic E-state index is 13.4. The van der Waals surface area contributed by atoms with Crippen LogP contribution < -0.4 is 5.73 Å². The molecule has 1 aliphatic rings. The zero-order chi connectivity index (χ0) is 11.4. The summed E-state index contributed by atoms with van der Waals surface area (Å²) >= 11 is 0. The predicted molar refractivity (Wildman–Crippen MR) is 61.7 cm³/mol. The van der Waals surface area contributed by atoms with Crippen LogP contribution in [0.25, 0.3) is 11.0 Å². The third kappa shape index (κ3) is 1.22. The average Bonchev–Trinajstić information content (AvgIpc) is 2.82. The molecule has 2 unspecified atom stereocenters. The number of hydrogen-bond acceptors (Lipinski definition) is 2. The number of anilines is 1. The Labute approximate surface area is 93.1 Å². The first-order chi connectivity index (χ1) is 7.58. The fourth-order valence-electron chi connectivity index (χ4n) is 2.25. The summed E-state index contributed by atoms with van der Waals surface area (Å²) in [6.45, 7) is 3.95. The maximum absolute atomic E-state index is 13.4. The Bertz CT molecular complexity index is 573. The predicted octanol–water partition coefficient (Wildman–Crippen LogP) is 2.65. The second kappa shape index (κ2) is 2.97. The molecule has 2 aromatic rings. The highest BCUT2D eigenvalue weighted by atomic mass is 19.1. The minimum absolute atomic E-state index is 0.221. The van der Waals surface area contributed by atoms with Crippen molar-refractivity contribution in [1.29, 1.82) is 0 Å². The number of nitrogens with zero attached hydrogens (tertiary/aromatic N) is 2. The summed E-state index contributed by atoms with van der Waals surface area (Å²) in [6, 6.07) is 3.73. The van der Waals surface area contributed by atoms with Crippen LogP contribution in [0.4, 0.5) is 10.3 Å². The van der Waals surface area contributed by atoms with E-state index in [2.05, 4.69) is 11.9 Å². The van der Waals surface area contributed by atoms with Crippen LogP contribution in [0.5, 0.6) is 0 Å². The summed E-state index contributed by atoms with van der Waals surface area (Å²) in [4.78, 5) is 4.21. The highest BCUT2D eigenvalue weighted by molar-refractivity contribution is 5.79. The molecule has 0 aliphatic heterocycles. The lowest BCUT2D eigenvalue weighted by atomic mass is 10.2. The number of benzene rings is 1. The molecule has 2 N–H and O–H groups in total. The van der Waals surface area contributed by atoms with Gasteiger partial charge < -0.3 is 10.3 Å². The van der Waals surface area contributed by atoms with Crippen LogP contribution in [-0.4, -0.2) is 9.55 Å². The Morgan fingerprint density at radius 1 is 1.50 bits per heavy atom. The summed E-state index contributed by atoms with van der Waals surface area (Å²) < 4.78 is 15.4. The molecule has 1 aromatic carbocycles. The molecule has 0 amide bonds. The van der Waals surface area contributed by atoms with Crippen LogP contribution in [0.2, 0.25) is 0 Å². The number of rotatable bonds is 1. The van der Waals surface area contributed by atoms with E-state index < -0.39 is 0 Å². The lowest BCUT2D eigenvalue weighted by Crippen LogP contribution is -2.01. The zero-order valence-electron chi connectivity index (χ0n) is 9.37. The fourth-order valence-corrected chi connectivity index (χ4v) is 2.25. The molecule has 1 saturated carbocycles. The van der Waals surface area contributed by atoms with Gasteiger partial charge in [0.25, 0.3) is 0 Å². The van der Waals surface area contributed by atoms with E-state index in [1.807, 2.05) is 10.6 Å². The van der Waals surface area contributed by atoms with Gasteiger partial charge in [-0.3, -0.25) is 0 Å². The second-order valence-corrected chi connectivity index (χ2v) is 4.71. The molecule has 1 fully saturated rings. The van der Waals surface area contributed by atoms with Crippen molar-refractivity contribution in [2.75, 3.05) is 5.73 Å². The van der Waals surface area contributed by atoms with Crippen molar-refractivity contribution < 1.29 is 4.39 Å². The highest BCUT2D eigenvalue weighted by Gasteiger charge is 2.36. The van der Waals surface area contributed by atoms with Crippen LogP contribution in [0.15, 0.2) is 12.1 Å². The first-order valence-electron chi connectivity index (χ1n) is 5.51. The number of nitrogens with two attached hydrogens (primary N) is 1. The lowest BCUT2D eigenvalue weighted by Gasteiger charge is -2.05. The Balaban J connectivity index is 2.27. The third-order valence-electron chi connectivity index (χ3n) is 3.40. The van der Waals surface area contributed by atoms with E-state index in [9.17, 15) is 4.39 Å². The van der Waals surface area contributed by atoms with Crippen molar-refractivity contribution in [1.82, 2.24) is 9.55 Å². The number of nitrogen functional groups attached to an aromatic ring is 1. The van der Waals surface area contributed by atoms with E-state index in [-0.39, 0.29) is 5.82 Å². The molecule has 0 saturated heterocycles. The molecule has 3 nitrogen and oxygen atoms in total. The molecule has 2 atom stereocenters. The van der Waals surface area contributed by atoms with Gasteiger partial charge in [0.1, 0.15) is 5.82 Å². The Morgan fingerprint density at radius 2 is 2.19 bits per heavy atom. The summed E-state index contributed by atoms with van der Waals surface area (Å²) in [7, 11) is 0. The molecular formula is C12H14FN3. The van der Waals surface area contributed by atoms with E-state index >= 15 is 0 Å². The van der Waals surface area contributed by atoms with Gasteiger partial charge in [-0.1, -0.05) is 6.92 Å². The molecule has 3 rings (SSSR count). The lowest BCUT2D eigenvalue weighted by molar-refractivity contribution is 0.620. The number of halogens is 1. The molecule has 84 valence electrons. The fraction of sp³-hybridized carbons (Fsp3) is 0.417. The second-order valence-electron chi connectivity index (χ2n) is 4.71. The van der Waals surface area contributed by atoms with Crippen LogP contribution >= 0.6 is 0 Å². The van der Waals surface area contributed by atoms with Gasteiger partial charge in [0.2, 0.25) is 5.95 Å². The number of hydrogen-bond donors (Lipinski definition) is 1. The quantitative estimate of drug-likeness (QED) is 0.801. The van der Waals surface area contributed by atoms with Crippen molar-refractivity contribution in [2.45, 2.75) is 26.3 Å². The smallest absolute Gasteiger partial charge is 0.201 e. The highest BCUT2D eigenvalue weighted by Crippen LogP contribution is 2.45. The molecule has 1 heterocycles. The number of aromatic nitrogens is 2. The Kier molecular flexibility index (Phi) is 1.79. The van der Waals surface area contributed by atoms with E-state index in [1.54, 1.807) is 6.92 Å². The van der Waals surface area contributed by atoms with E-state index in [0.717, 1.165) is 11.9 Å².